The molecule has 0 saturated carbocycles. The number of fused-ring (bicyclic) bond motifs is 9. The van der Waals surface area contributed by atoms with Gasteiger partial charge in [0.1, 0.15) is 22.3 Å². The van der Waals surface area contributed by atoms with E-state index in [4.69, 9.17) is 13.8 Å². The first-order valence-corrected chi connectivity index (χ1v) is 23.4. The molecule has 0 atom stereocenters. The zero-order chi connectivity index (χ0) is 45.4. The molecular weight excluding hydrogens is 841 g/mol. The highest BCUT2D eigenvalue weighted by molar-refractivity contribution is 6.14. The van der Waals surface area contributed by atoms with Crippen LogP contribution >= 0.6 is 0 Å². The number of hydrogen-bond donors (Lipinski definition) is 0. The van der Waals surface area contributed by atoms with E-state index in [9.17, 15) is 0 Å². The standard InChI is InChI=1S/C65H40N2O2/c1-3-14-41(15-4-1)57-38-49(39-58(66-57)48-28-31-54-53-23-8-10-26-61(53)69-64(54)40-48)51-24-13-27-63-65(51)56-37-47(30-33-62(56)68-63)45-19-12-17-43(35-45)42-16-11-18-44(34-42)46-29-32-60-55(36-46)52-22-7-9-25-59(52)67(60)50-20-5-2-6-21-50/h1-40H. The lowest BCUT2D eigenvalue weighted by Crippen LogP contribution is -1.92. The molecule has 4 heterocycles. The Morgan fingerprint density at radius 1 is 0.275 bits per heavy atom. The van der Waals surface area contributed by atoms with E-state index in [1.807, 2.05) is 18.2 Å². The normalized spacial score (nSPS) is 11.8. The van der Waals surface area contributed by atoms with Crippen molar-refractivity contribution in [3.63, 3.8) is 0 Å². The molecular formula is C65H40N2O2. The van der Waals surface area contributed by atoms with E-state index in [0.29, 0.717) is 0 Å². The molecule has 4 aromatic heterocycles. The summed E-state index contributed by atoms with van der Waals surface area (Å²) < 4.78 is 15.3. The van der Waals surface area contributed by atoms with Gasteiger partial charge >= 0.3 is 0 Å². The maximum Gasteiger partial charge on any atom is 0.136 e. The summed E-state index contributed by atoms with van der Waals surface area (Å²) in [6.07, 6.45) is 0. The summed E-state index contributed by atoms with van der Waals surface area (Å²) in [5.41, 5.74) is 19.9. The zero-order valence-electron chi connectivity index (χ0n) is 37.3. The summed E-state index contributed by atoms with van der Waals surface area (Å²) in [5.74, 6) is 0. The predicted octanol–water partition coefficient (Wildman–Crippen LogP) is 18.0. The number of para-hydroxylation sites is 3. The van der Waals surface area contributed by atoms with Crippen LogP contribution in [0.25, 0.3) is 138 Å². The second kappa shape index (κ2) is 15.7. The molecule has 4 nitrogen and oxygen atoms in total. The molecule has 0 aliphatic rings. The SMILES string of the molecule is c1ccc(-c2cc(-c3cccc4oc5ccc(-c6cccc(-c7cccc(-c8ccc9c(c8)c8ccccc8n9-c8ccccc8)c7)c6)cc5c34)cc(-c3ccc4c(c3)oc3ccccc34)n2)cc1. The van der Waals surface area contributed by atoms with Crippen LogP contribution in [0, 0.1) is 0 Å². The largest absolute Gasteiger partial charge is 0.456 e. The molecule has 0 bridgehead atoms. The van der Waals surface area contributed by atoms with E-state index in [1.165, 1.54) is 38.5 Å². The fourth-order valence-corrected chi connectivity index (χ4v) is 10.5. The van der Waals surface area contributed by atoms with Crippen molar-refractivity contribution < 1.29 is 8.83 Å². The third-order valence-corrected chi connectivity index (χ3v) is 13.8. The van der Waals surface area contributed by atoms with Crippen molar-refractivity contribution in [2.45, 2.75) is 0 Å². The molecule has 10 aromatic carbocycles. The Labute approximate surface area is 397 Å². The highest BCUT2D eigenvalue weighted by Gasteiger charge is 2.18. The molecule has 0 N–H and O–H groups in total. The predicted molar refractivity (Wildman–Crippen MR) is 286 cm³/mol. The number of aromatic nitrogens is 2. The van der Waals surface area contributed by atoms with Gasteiger partial charge in [-0.2, -0.15) is 0 Å². The van der Waals surface area contributed by atoms with Gasteiger partial charge in [0.15, 0.2) is 0 Å². The van der Waals surface area contributed by atoms with Gasteiger partial charge in [-0.1, -0.05) is 152 Å². The molecule has 0 aliphatic heterocycles. The average Bonchev–Trinajstić information content (AvgIpc) is 4.10. The van der Waals surface area contributed by atoms with Crippen LogP contribution in [0.15, 0.2) is 251 Å². The van der Waals surface area contributed by atoms with Crippen LogP contribution in [0.2, 0.25) is 0 Å². The first kappa shape index (κ1) is 39.0. The van der Waals surface area contributed by atoms with Crippen LogP contribution in [0.3, 0.4) is 0 Å². The Bertz CT molecular complexity index is 4310. The van der Waals surface area contributed by atoms with E-state index >= 15 is 0 Å². The second-order valence-electron chi connectivity index (χ2n) is 17.9. The number of benzene rings is 10. The maximum absolute atomic E-state index is 6.61. The molecule has 14 aromatic rings. The molecule has 322 valence electrons. The van der Waals surface area contributed by atoms with Crippen molar-refractivity contribution in [1.29, 1.82) is 0 Å². The van der Waals surface area contributed by atoms with Gasteiger partial charge in [0.2, 0.25) is 0 Å². The van der Waals surface area contributed by atoms with Crippen molar-refractivity contribution in [3.05, 3.63) is 243 Å². The third kappa shape index (κ3) is 6.57. The molecule has 69 heavy (non-hydrogen) atoms. The van der Waals surface area contributed by atoms with Gasteiger partial charge in [0, 0.05) is 49.1 Å². The lowest BCUT2D eigenvalue weighted by Gasteiger charge is -2.12. The highest BCUT2D eigenvalue weighted by atomic mass is 16.3. The molecule has 0 spiro atoms. The van der Waals surface area contributed by atoms with Gasteiger partial charge in [-0.25, -0.2) is 4.98 Å². The smallest absolute Gasteiger partial charge is 0.136 e. The first-order chi connectivity index (χ1) is 34.2. The van der Waals surface area contributed by atoms with E-state index in [-0.39, 0.29) is 0 Å². The van der Waals surface area contributed by atoms with Gasteiger partial charge < -0.3 is 13.4 Å². The minimum atomic E-state index is 0.843. The third-order valence-electron chi connectivity index (χ3n) is 13.8. The van der Waals surface area contributed by atoms with Crippen molar-refractivity contribution in [2.75, 3.05) is 0 Å². The number of hydrogen-bond acceptors (Lipinski definition) is 3. The van der Waals surface area contributed by atoms with Crippen LogP contribution in [0.1, 0.15) is 0 Å². The number of furan rings is 2. The van der Waals surface area contributed by atoms with Gasteiger partial charge in [-0.15, -0.1) is 0 Å². The highest BCUT2D eigenvalue weighted by Crippen LogP contribution is 2.42. The van der Waals surface area contributed by atoms with Crippen molar-refractivity contribution >= 4 is 65.7 Å². The lowest BCUT2D eigenvalue weighted by atomic mass is 9.94. The van der Waals surface area contributed by atoms with Crippen LogP contribution in [0.5, 0.6) is 0 Å². The molecule has 0 saturated heterocycles. The van der Waals surface area contributed by atoms with Crippen molar-refractivity contribution in [1.82, 2.24) is 9.55 Å². The summed E-state index contributed by atoms with van der Waals surface area (Å²) in [6.45, 7) is 0. The fourth-order valence-electron chi connectivity index (χ4n) is 10.5. The first-order valence-electron chi connectivity index (χ1n) is 23.4. The summed E-state index contributed by atoms with van der Waals surface area (Å²) in [4.78, 5) is 5.27. The summed E-state index contributed by atoms with van der Waals surface area (Å²) in [6, 6.07) is 86.4. The molecule has 4 heteroatoms. The van der Waals surface area contributed by atoms with Gasteiger partial charge in [-0.3, -0.25) is 0 Å². The van der Waals surface area contributed by atoms with Crippen LogP contribution in [-0.2, 0) is 0 Å². The average molecular weight is 881 g/mol. The monoisotopic (exact) mass is 880 g/mol. The molecule has 0 fully saturated rings. The summed E-state index contributed by atoms with van der Waals surface area (Å²) in [5, 5.41) is 6.83. The molecule has 0 amide bonds. The number of pyridine rings is 1. The van der Waals surface area contributed by atoms with E-state index in [1.54, 1.807) is 0 Å². The molecule has 0 radical (unpaired) electrons. The Morgan fingerprint density at radius 2 is 0.797 bits per heavy atom. The quantitative estimate of drug-likeness (QED) is 0.160. The van der Waals surface area contributed by atoms with Gasteiger partial charge in [0.05, 0.1) is 22.4 Å². The molecule has 14 rings (SSSR count). The van der Waals surface area contributed by atoms with Crippen LogP contribution in [-0.4, -0.2) is 9.55 Å². The minimum Gasteiger partial charge on any atom is -0.456 e. The van der Waals surface area contributed by atoms with E-state index < -0.39 is 0 Å². The maximum atomic E-state index is 6.61. The number of nitrogens with zero attached hydrogens (tertiary/aromatic N) is 2. The minimum absolute atomic E-state index is 0.843. The molecule has 0 aliphatic carbocycles. The van der Waals surface area contributed by atoms with E-state index in [2.05, 4.69) is 229 Å². The van der Waals surface area contributed by atoms with E-state index in [0.717, 1.165) is 99.9 Å². The topological polar surface area (TPSA) is 44.1 Å². The summed E-state index contributed by atoms with van der Waals surface area (Å²) in [7, 11) is 0. The van der Waals surface area contributed by atoms with Crippen LogP contribution in [0.4, 0.5) is 0 Å². The zero-order valence-corrected chi connectivity index (χ0v) is 37.3. The lowest BCUT2D eigenvalue weighted by molar-refractivity contribution is 0.668. The second-order valence-corrected chi connectivity index (χ2v) is 17.9. The fraction of sp³-hybridized carbons (Fsp3) is 0. The molecule has 0 unspecified atom stereocenters. The van der Waals surface area contributed by atoms with Crippen molar-refractivity contribution in [2.24, 2.45) is 0 Å². The van der Waals surface area contributed by atoms with Gasteiger partial charge in [0.25, 0.3) is 0 Å². The van der Waals surface area contributed by atoms with Crippen molar-refractivity contribution in [3.8, 4) is 72.7 Å². The Morgan fingerprint density at radius 3 is 1.57 bits per heavy atom. The Hall–Kier alpha value is -9.25. The Balaban J connectivity index is 0.849. The Kier molecular flexibility index (Phi) is 8.86. The summed E-state index contributed by atoms with van der Waals surface area (Å²) >= 11 is 0. The van der Waals surface area contributed by atoms with Crippen LogP contribution < -0.4 is 0 Å². The van der Waals surface area contributed by atoms with Gasteiger partial charge in [-0.05, 0) is 136 Å². The number of rotatable bonds is 7.